The lowest BCUT2D eigenvalue weighted by molar-refractivity contribution is -0.141. The Balaban J connectivity index is 0.000000982. The summed E-state index contributed by atoms with van der Waals surface area (Å²) in [5.74, 6) is 1.02. The molecular weight excluding hydrogens is 459 g/mol. The largest absolute Gasteiger partial charge is 0.492 e. The Hall–Kier alpha value is -3.28. The lowest BCUT2D eigenvalue weighted by atomic mass is 10.0. The Labute approximate surface area is 206 Å². The molecule has 1 heterocycles. The molecule has 0 aliphatic heterocycles. The first-order valence-corrected chi connectivity index (χ1v) is 11.4. The smallest absolute Gasteiger partial charge is 0.433 e. The highest BCUT2D eigenvalue weighted by molar-refractivity contribution is 5.67. The maximum absolute atomic E-state index is 12.8. The Morgan fingerprint density at radius 3 is 2.17 bits per heavy atom. The lowest BCUT2D eigenvalue weighted by Crippen LogP contribution is -2.27. The molecule has 0 saturated heterocycles. The van der Waals surface area contributed by atoms with Gasteiger partial charge in [0.2, 0.25) is 0 Å². The predicted octanol–water partition coefficient (Wildman–Crippen LogP) is 7.36. The predicted molar refractivity (Wildman–Crippen MR) is 131 cm³/mol. The van der Waals surface area contributed by atoms with Crippen molar-refractivity contribution in [3.63, 3.8) is 0 Å². The molecule has 35 heavy (non-hydrogen) atoms. The highest BCUT2D eigenvalue weighted by Gasteiger charge is 2.32. The van der Waals surface area contributed by atoms with Gasteiger partial charge in [0.15, 0.2) is 0 Å². The van der Waals surface area contributed by atoms with Crippen LogP contribution in [-0.2, 0) is 10.9 Å². The number of pyridine rings is 1. The van der Waals surface area contributed by atoms with Gasteiger partial charge < -0.3 is 15.2 Å². The average Bonchev–Trinajstić information content (AvgIpc) is 2.76. The number of nitrogens with two attached hydrogens (primary N) is 1. The van der Waals surface area contributed by atoms with E-state index in [0.29, 0.717) is 35.0 Å². The van der Waals surface area contributed by atoms with Crippen molar-refractivity contribution >= 4 is 6.09 Å². The number of primary amides is 1. The van der Waals surface area contributed by atoms with Gasteiger partial charge in [-0.15, -0.1) is 0 Å². The first-order chi connectivity index (χ1) is 16.2. The van der Waals surface area contributed by atoms with E-state index < -0.39 is 23.6 Å². The summed E-state index contributed by atoms with van der Waals surface area (Å²) >= 11 is 0. The van der Waals surface area contributed by atoms with E-state index in [-0.39, 0.29) is 0 Å². The third-order valence-electron chi connectivity index (χ3n) is 4.07. The minimum atomic E-state index is -4.51. The molecule has 0 saturated carbocycles. The van der Waals surface area contributed by atoms with Crippen LogP contribution in [0.15, 0.2) is 36.5 Å². The molecule has 1 amide bonds. The minimum Gasteiger partial charge on any atom is -0.492 e. The van der Waals surface area contributed by atoms with E-state index in [1.165, 1.54) is 12.1 Å². The van der Waals surface area contributed by atoms with Gasteiger partial charge >= 0.3 is 12.3 Å². The minimum absolute atomic E-state index is 0.299. The second kappa shape index (κ2) is 14.9. The Kier molecular flexibility index (Phi) is 13.5. The van der Waals surface area contributed by atoms with Crippen LogP contribution in [0.2, 0.25) is 0 Å². The molecule has 9 heteroatoms. The van der Waals surface area contributed by atoms with Crippen molar-refractivity contribution in [2.75, 3.05) is 6.61 Å². The number of hydrogen-bond acceptors (Lipinski definition) is 5. The molecule has 6 nitrogen and oxygen atoms in total. The summed E-state index contributed by atoms with van der Waals surface area (Å²) in [6.07, 6.45) is -2.22. The molecule has 0 aliphatic carbocycles. The van der Waals surface area contributed by atoms with Gasteiger partial charge in [-0.2, -0.15) is 18.4 Å². The van der Waals surface area contributed by atoms with Gasteiger partial charge in [-0.25, -0.2) is 4.79 Å². The van der Waals surface area contributed by atoms with E-state index in [4.69, 9.17) is 10.5 Å². The molecule has 1 aromatic carbocycles. The van der Waals surface area contributed by atoms with Crippen molar-refractivity contribution in [1.82, 2.24) is 4.98 Å². The van der Waals surface area contributed by atoms with Crippen LogP contribution in [0, 0.1) is 17.2 Å². The number of alkyl halides is 3. The van der Waals surface area contributed by atoms with E-state index in [9.17, 15) is 23.2 Å². The molecular formula is C26H36F3N3O3. The number of carbonyl (C=O) groups excluding carboxylic acids is 1. The first-order valence-electron chi connectivity index (χ1n) is 11.4. The summed E-state index contributed by atoms with van der Waals surface area (Å²) < 4.78 is 48.6. The molecule has 0 bridgehead atoms. The molecule has 0 unspecified atom stereocenters. The quantitative estimate of drug-likeness (QED) is 0.422. The highest BCUT2D eigenvalue weighted by atomic mass is 19.4. The molecule has 0 spiro atoms. The normalized spacial score (nSPS) is 10.8. The zero-order chi connectivity index (χ0) is 27.2. The van der Waals surface area contributed by atoms with Crippen LogP contribution in [-0.4, -0.2) is 23.3 Å². The summed E-state index contributed by atoms with van der Waals surface area (Å²) in [6, 6.07) is 9.29. The van der Waals surface area contributed by atoms with Crippen molar-refractivity contribution in [2.45, 2.75) is 73.1 Å². The van der Waals surface area contributed by atoms with E-state index in [2.05, 4.69) is 23.6 Å². The number of halogens is 3. The molecule has 0 radical (unpaired) electrons. The highest BCUT2D eigenvalue weighted by Crippen LogP contribution is 2.32. The van der Waals surface area contributed by atoms with Crippen molar-refractivity contribution in [3.05, 3.63) is 47.8 Å². The number of nitriles is 1. The third kappa shape index (κ3) is 13.3. The van der Waals surface area contributed by atoms with Gasteiger partial charge in [0, 0.05) is 6.20 Å². The third-order valence-corrected chi connectivity index (χ3v) is 4.07. The first kappa shape index (κ1) is 31.7. The number of ether oxygens (including phenoxy) is 2. The Bertz CT molecular complexity index is 963. The number of aromatic nitrogens is 1. The Morgan fingerprint density at radius 1 is 1.11 bits per heavy atom. The number of benzene rings is 1. The van der Waals surface area contributed by atoms with Crippen LogP contribution < -0.4 is 10.5 Å². The van der Waals surface area contributed by atoms with Crippen molar-refractivity contribution < 1.29 is 27.4 Å². The fourth-order valence-corrected chi connectivity index (χ4v) is 2.66. The van der Waals surface area contributed by atoms with Gasteiger partial charge in [-0.3, -0.25) is 4.98 Å². The second-order valence-corrected chi connectivity index (χ2v) is 8.67. The standard InChI is InChI=1S/C19H19F3N2O.C5H11NO2.C2H6/c1-13(2)4-3-9-25-17-6-5-14(10-16(17)12-23)15-7-8-24-18(11-15)19(20,21)22;1-5(2,3)8-4(6)7;1-2/h5-8,10-11,13H,3-4,9H2,1-2H3;1-3H3,(H2,6,7);1-2H3. The fraction of sp³-hybridized carbons (Fsp3) is 0.500. The van der Waals surface area contributed by atoms with Crippen LogP contribution in [0.3, 0.4) is 0 Å². The molecule has 0 atom stereocenters. The van der Waals surface area contributed by atoms with Crippen LogP contribution in [0.1, 0.15) is 72.6 Å². The van der Waals surface area contributed by atoms with Gasteiger partial charge in [0.1, 0.15) is 23.1 Å². The zero-order valence-electron chi connectivity index (χ0n) is 21.5. The summed E-state index contributed by atoms with van der Waals surface area (Å²) in [5.41, 5.74) is 4.47. The molecule has 2 aromatic rings. The second-order valence-electron chi connectivity index (χ2n) is 8.67. The molecule has 2 N–H and O–H groups in total. The average molecular weight is 496 g/mol. The summed E-state index contributed by atoms with van der Waals surface area (Å²) in [7, 11) is 0. The fourth-order valence-electron chi connectivity index (χ4n) is 2.66. The SMILES string of the molecule is CC.CC(C)(C)OC(N)=O.CC(C)CCCOc1ccc(-c2ccnc(C(F)(F)F)c2)cc1C#N. The maximum atomic E-state index is 12.8. The molecule has 194 valence electrons. The lowest BCUT2D eigenvalue weighted by Gasteiger charge is -2.16. The molecule has 0 aliphatic rings. The van der Waals surface area contributed by atoms with Crippen molar-refractivity contribution in [1.29, 1.82) is 5.26 Å². The van der Waals surface area contributed by atoms with Crippen LogP contribution in [0.5, 0.6) is 5.75 Å². The molecule has 1 aromatic heterocycles. The zero-order valence-corrected chi connectivity index (χ0v) is 21.5. The van der Waals surface area contributed by atoms with E-state index in [1.807, 2.05) is 19.9 Å². The number of rotatable bonds is 6. The van der Waals surface area contributed by atoms with Gasteiger partial charge in [0.25, 0.3) is 0 Å². The summed E-state index contributed by atoms with van der Waals surface area (Å²) in [4.78, 5) is 13.4. The number of nitrogens with zero attached hydrogens (tertiary/aromatic N) is 2. The van der Waals surface area contributed by atoms with E-state index >= 15 is 0 Å². The van der Waals surface area contributed by atoms with Crippen LogP contribution >= 0.6 is 0 Å². The summed E-state index contributed by atoms with van der Waals surface area (Å²) in [6.45, 7) is 14.0. The van der Waals surface area contributed by atoms with Crippen molar-refractivity contribution in [2.24, 2.45) is 11.7 Å². The van der Waals surface area contributed by atoms with Gasteiger partial charge in [-0.05, 0) is 74.9 Å². The van der Waals surface area contributed by atoms with E-state index in [1.54, 1.807) is 32.9 Å². The molecule has 0 fully saturated rings. The van der Waals surface area contributed by atoms with Gasteiger partial charge in [0.05, 0.1) is 12.2 Å². The monoisotopic (exact) mass is 495 g/mol. The number of carbonyl (C=O) groups is 1. The summed E-state index contributed by atoms with van der Waals surface area (Å²) in [5, 5.41) is 9.30. The number of hydrogen-bond donors (Lipinski definition) is 1. The van der Waals surface area contributed by atoms with Crippen LogP contribution in [0.25, 0.3) is 11.1 Å². The number of amides is 1. The maximum Gasteiger partial charge on any atom is 0.433 e. The Morgan fingerprint density at radius 2 is 1.71 bits per heavy atom. The van der Waals surface area contributed by atoms with E-state index in [0.717, 1.165) is 25.1 Å². The topological polar surface area (TPSA) is 98.2 Å². The van der Waals surface area contributed by atoms with Crippen LogP contribution in [0.4, 0.5) is 18.0 Å². The van der Waals surface area contributed by atoms with Crippen molar-refractivity contribution in [3.8, 4) is 22.9 Å². The van der Waals surface area contributed by atoms with Gasteiger partial charge in [-0.1, -0.05) is 33.8 Å². The molecule has 2 rings (SSSR count).